The molecule has 1 aliphatic rings. The van der Waals surface area contributed by atoms with Crippen LogP contribution in [0.2, 0.25) is 0 Å². The Morgan fingerprint density at radius 1 is 1.11 bits per heavy atom. The number of furan rings is 1. The predicted molar refractivity (Wildman–Crippen MR) is 113 cm³/mol. The third kappa shape index (κ3) is 4.28. The second-order valence-corrected chi connectivity index (χ2v) is 9.19. The molecule has 1 aromatic heterocycles. The van der Waals surface area contributed by atoms with Gasteiger partial charge in [0, 0.05) is 9.37 Å². The van der Waals surface area contributed by atoms with Crippen LogP contribution in [0.15, 0.2) is 74.4 Å². The molecule has 2 aromatic carbocycles. The summed E-state index contributed by atoms with van der Waals surface area (Å²) >= 11 is 3.37. The van der Waals surface area contributed by atoms with E-state index in [1.807, 2.05) is 36.4 Å². The van der Waals surface area contributed by atoms with Crippen molar-refractivity contribution in [2.75, 3.05) is 0 Å². The minimum absolute atomic E-state index is 0.00268. The van der Waals surface area contributed by atoms with Crippen molar-refractivity contribution in [1.29, 1.82) is 0 Å². The van der Waals surface area contributed by atoms with Gasteiger partial charge in [-0.15, -0.1) is 0 Å². The molecule has 6 heteroatoms. The first-order valence-corrected chi connectivity index (χ1v) is 11.3. The molecular formula is C22H20BrNO3S. The van der Waals surface area contributed by atoms with Crippen molar-refractivity contribution in [3.8, 4) is 0 Å². The molecule has 3 aromatic rings. The molecule has 1 heterocycles. The van der Waals surface area contributed by atoms with Crippen LogP contribution in [0.5, 0.6) is 0 Å². The van der Waals surface area contributed by atoms with E-state index in [2.05, 4.69) is 33.4 Å². The second kappa shape index (κ2) is 8.45. The van der Waals surface area contributed by atoms with Crippen LogP contribution in [0.4, 0.5) is 0 Å². The number of fused-ring (bicyclic) bond motifs is 1. The van der Waals surface area contributed by atoms with E-state index in [1.165, 1.54) is 11.1 Å². The Hall–Kier alpha value is -2.18. The zero-order valence-corrected chi connectivity index (χ0v) is 17.6. The first-order chi connectivity index (χ1) is 13.6. The van der Waals surface area contributed by atoms with Crippen LogP contribution in [0.25, 0.3) is 0 Å². The predicted octanol–water partition coefficient (Wildman–Crippen LogP) is 5.16. The Kier molecular flexibility index (Phi) is 5.78. The summed E-state index contributed by atoms with van der Waals surface area (Å²) in [6, 6.07) is 19.0. The number of rotatable bonds is 5. The van der Waals surface area contributed by atoms with Gasteiger partial charge in [-0.25, -0.2) is 0 Å². The average molecular weight is 458 g/mol. The van der Waals surface area contributed by atoms with E-state index in [0.29, 0.717) is 5.76 Å². The van der Waals surface area contributed by atoms with E-state index < -0.39 is 10.8 Å². The Morgan fingerprint density at radius 2 is 1.89 bits per heavy atom. The zero-order chi connectivity index (χ0) is 19.5. The summed E-state index contributed by atoms with van der Waals surface area (Å²) in [5.41, 5.74) is 2.48. The van der Waals surface area contributed by atoms with Gasteiger partial charge < -0.3 is 9.73 Å². The topological polar surface area (TPSA) is 59.3 Å². The van der Waals surface area contributed by atoms with E-state index in [1.54, 1.807) is 12.1 Å². The van der Waals surface area contributed by atoms with Gasteiger partial charge in [0.05, 0.1) is 22.6 Å². The molecule has 144 valence electrons. The Balaban J connectivity index is 1.42. The van der Waals surface area contributed by atoms with Gasteiger partial charge in [-0.05, 0) is 66.8 Å². The number of aryl methyl sites for hydroxylation is 1. The van der Waals surface area contributed by atoms with Crippen molar-refractivity contribution in [3.63, 3.8) is 0 Å². The second-order valence-electron chi connectivity index (χ2n) is 6.83. The molecule has 0 bridgehead atoms. The number of nitrogens with one attached hydrogen (secondary N) is 1. The molecule has 28 heavy (non-hydrogen) atoms. The summed E-state index contributed by atoms with van der Waals surface area (Å²) in [7, 11) is -1.22. The highest BCUT2D eigenvalue weighted by molar-refractivity contribution is 9.10. The number of amides is 1. The first-order valence-electron chi connectivity index (χ1n) is 9.21. The maximum absolute atomic E-state index is 12.6. The summed E-state index contributed by atoms with van der Waals surface area (Å²) in [4.78, 5) is 13.4. The fraction of sp³-hybridized carbons (Fsp3) is 0.227. The lowest BCUT2D eigenvalue weighted by atomic mass is 9.88. The van der Waals surface area contributed by atoms with E-state index in [4.69, 9.17) is 4.42 Å². The number of hydrogen-bond donors (Lipinski definition) is 1. The SMILES string of the molecule is O=C(NC1CCCc2ccccc21)c1ccc(CS(=O)c2ccc(Br)cc2)o1. The van der Waals surface area contributed by atoms with Crippen LogP contribution in [0.1, 0.15) is 46.3 Å². The minimum atomic E-state index is -1.22. The van der Waals surface area contributed by atoms with Crippen LogP contribution in [-0.2, 0) is 23.0 Å². The summed E-state index contributed by atoms with van der Waals surface area (Å²) in [5, 5.41) is 3.08. The van der Waals surface area contributed by atoms with Crippen molar-refractivity contribution in [2.24, 2.45) is 0 Å². The smallest absolute Gasteiger partial charge is 0.287 e. The lowest BCUT2D eigenvalue weighted by Gasteiger charge is -2.25. The lowest BCUT2D eigenvalue weighted by molar-refractivity contribution is 0.0903. The lowest BCUT2D eigenvalue weighted by Crippen LogP contribution is -2.30. The number of carbonyl (C=O) groups is 1. The van der Waals surface area contributed by atoms with Gasteiger partial charge in [-0.1, -0.05) is 40.2 Å². The maximum atomic E-state index is 12.6. The highest BCUT2D eigenvalue weighted by Crippen LogP contribution is 2.29. The maximum Gasteiger partial charge on any atom is 0.287 e. The number of hydrogen-bond acceptors (Lipinski definition) is 3. The largest absolute Gasteiger partial charge is 0.455 e. The molecule has 1 aliphatic carbocycles. The quantitative estimate of drug-likeness (QED) is 0.575. The van der Waals surface area contributed by atoms with Gasteiger partial charge in [0.1, 0.15) is 5.76 Å². The van der Waals surface area contributed by atoms with E-state index in [-0.39, 0.29) is 23.5 Å². The van der Waals surface area contributed by atoms with Crippen LogP contribution >= 0.6 is 15.9 Å². The summed E-state index contributed by atoms with van der Waals surface area (Å²) < 4.78 is 19.1. The number of benzene rings is 2. The van der Waals surface area contributed by atoms with Gasteiger partial charge in [-0.2, -0.15) is 0 Å². The normalized spacial score (nSPS) is 17.0. The average Bonchev–Trinajstić information content (AvgIpc) is 3.17. The van der Waals surface area contributed by atoms with Gasteiger partial charge >= 0.3 is 0 Å². The van der Waals surface area contributed by atoms with Crippen molar-refractivity contribution in [2.45, 2.75) is 36.0 Å². The highest BCUT2D eigenvalue weighted by Gasteiger charge is 2.23. The third-order valence-corrected chi connectivity index (χ3v) is 6.78. The van der Waals surface area contributed by atoms with Crippen LogP contribution in [0.3, 0.4) is 0 Å². The van der Waals surface area contributed by atoms with Gasteiger partial charge in [0.15, 0.2) is 5.76 Å². The van der Waals surface area contributed by atoms with Crippen LogP contribution in [-0.4, -0.2) is 10.1 Å². The molecule has 0 fully saturated rings. The highest BCUT2D eigenvalue weighted by atomic mass is 79.9. The summed E-state index contributed by atoms with van der Waals surface area (Å²) in [6.07, 6.45) is 3.02. The molecule has 0 saturated heterocycles. The molecule has 0 radical (unpaired) electrons. The van der Waals surface area contributed by atoms with Gasteiger partial charge in [-0.3, -0.25) is 9.00 Å². The molecule has 0 aliphatic heterocycles. The van der Waals surface area contributed by atoms with E-state index in [0.717, 1.165) is 28.6 Å². The van der Waals surface area contributed by atoms with Crippen molar-refractivity contribution >= 4 is 32.6 Å². The molecule has 1 amide bonds. The summed E-state index contributed by atoms with van der Waals surface area (Å²) in [6.45, 7) is 0. The fourth-order valence-corrected chi connectivity index (χ4v) is 4.79. The van der Waals surface area contributed by atoms with Gasteiger partial charge in [0.2, 0.25) is 0 Å². The third-order valence-electron chi connectivity index (χ3n) is 4.91. The van der Waals surface area contributed by atoms with E-state index in [9.17, 15) is 9.00 Å². The van der Waals surface area contributed by atoms with E-state index >= 15 is 0 Å². The minimum Gasteiger partial charge on any atom is -0.455 e. The molecule has 0 saturated carbocycles. The van der Waals surface area contributed by atoms with Crippen LogP contribution in [0, 0.1) is 0 Å². The monoisotopic (exact) mass is 457 g/mol. The van der Waals surface area contributed by atoms with Crippen molar-refractivity contribution in [3.05, 3.63) is 87.8 Å². The molecule has 1 N–H and O–H groups in total. The zero-order valence-electron chi connectivity index (χ0n) is 15.2. The Morgan fingerprint density at radius 3 is 2.71 bits per heavy atom. The Labute approximate surface area is 174 Å². The van der Waals surface area contributed by atoms with Crippen molar-refractivity contribution < 1.29 is 13.4 Å². The molecule has 2 unspecified atom stereocenters. The number of halogens is 1. The van der Waals surface area contributed by atoms with Gasteiger partial charge in [0.25, 0.3) is 5.91 Å². The number of carbonyl (C=O) groups excluding carboxylic acids is 1. The van der Waals surface area contributed by atoms with Crippen molar-refractivity contribution in [1.82, 2.24) is 5.32 Å². The first kappa shape index (κ1) is 19.2. The molecular weight excluding hydrogens is 438 g/mol. The van der Waals surface area contributed by atoms with Crippen LogP contribution < -0.4 is 5.32 Å². The summed E-state index contributed by atoms with van der Waals surface area (Å²) in [5.74, 6) is 0.796. The Bertz CT molecular complexity index is 1010. The molecule has 4 rings (SSSR count). The molecule has 0 spiro atoms. The standard InChI is InChI=1S/C22H20BrNO3S/c23-16-8-11-18(12-9-16)28(26)14-17-10-13-21(27-17)22(25)24-20-7-3-5-15-4-1-2-6-19(15)20/h1-2,4,6,8-13,20H,3,5,7,14H2,(H,24,25). The fourth-order valence-electron chi connectivity index (χ4n) is 3.51. The molecule has 4 nitrogen and oxygen atoms in total. The molecule has 2 atom stereocenters.